The van der Waals surface area contributed by atoms with Crippen LogP contribution in [0.15, 0.2) is 28.2 Å². The first-order valence-electron chi connectivity index (χ1n) is 4.30. The molecule has 0 unspecified atom stereocenters. The van der Waals surface area contributed by atoms with Gasteiger partial charge in [-0.1, -0.05) is 23.4 Å². The lowest BCUT2D eigenvalue weighted by molar-refractivity contribution is 0.606. The summed E-state index contributed by atoms with van der Waals surface area (Å²) in [4.78, 5) is 14.0. The summed E-state index contributed by atoms with van der Waals surface area (Å²) in [6, 6.07) is 4.04. The average Bonchev–Trinajstić information content (AvgIpc) is 2.60. The van der Waals surface area contributed by atoms with Crippen LogP contribution in [0.25, 0.3) is 5.69 Å². The minimum atomic E-state index is -0.589. The van der Waals surface area contributed by atoms with Gasteiger partial charge in [0, 0.05) is 5.02 Å². The van der Waals surface area contributed by atoms with Crippen molar-refractivity contribution in [2.75, 3.05) is 6.26 Å². The van der Waals surface area contributed by atoms with Gasteiger partial charge in [0.1, 0.15) is 5.69 Å². The molecule has 0 saturated heterocycles. The quantitative estimate of drug-likeness (QED) is 0.840. The molecule has 2 rings (SSSR count). The highest BCUT2D eigenvalue weighted by Crippen LogP contribution is 2.17. The Morgan fingerprint density at radius 2 is 2.31 bits per heavy atom. The van der Waals surface area contributed by atoms with E-state index in [4.69, 9.17) is 11.6 Å². The Balaban J connectivity index is 2.58. The minimum Gasteiger partial charge on any atom is -0.283 e. The number of aromatic nitrogens is 3. The Bertz CT molecular complexity index is 580. The van der Waals surface area contributed by atoms with Gasteiger partial charge in [0.2, 0.25) is 0 Å². The van der Waals surface area contributed by atoms with Crippen LogP contribution in [0.4, 0.5) is 4.39 Å². The van der Waals surface area contributed by atoms with E-state index in [1.54, 1.807) is 6.26 Å². The average molecular weight is 260 g/mol. The second-order valence-electron chi connectivity index (χ2n) is 2.95. The smallest absolute Gasteiger partial charge is 0.283 e. The zero-order valence-corrected chi connectivity index (χ0v) is 9.77. The second kappa shape index (κ2) is 4.31. The van der Waals surface area contributed by atoms with Gasteiger partial charge in [0.15, 0.2) is 11.0 Å². The molecule has 0 saturated carbocycles. The Morgan fingerprint density at radius 1 is 1.56 bits per heavy atom. The van der Waals surface area contributed by atoms with E-state index in [-0.39, 0.29) is 10.7 Å². The Labute approximate surface area is 99.4 Å². The predicted octanol–water partition coefficient (Wildman–Crippen LogP) is 2.08. The van der Waals surface area contributed by atoms with Crippen molar-refractivity contribution in [1.82, 2.24) is 14.8 Å². The molecule has 1 N–H and O–H groups in total. The predicted molar refractivity (Wildman–Crippen MR) is 60.9 cm³/mol. The summed E-state index contributed by atoms with van der Waals surface area (Å²) in [6.07, 6.45) is 1.76. The molecular weight excluding hydrogens is 253 g/mol. The molecular formula is C9H7ClFN3OS. The van der Waals surface area contributed by atoms with E-state index in [1.165, 1.54) is 23.9 Å². The molecule has 0 atom stereocenters. The van der Waals surface area contributed by atoms with Crippen LogP contribution in [0.5, 0.6) is 0 Å². The molecule has 0 aliphatic rings. The van der Waals surface area contributed by atoms with Crippen molar-refractivity contribution in [3.63, 3.8) is 0 Å². The molecule has 1 aromatic heterocycles. The van der Waals surface area contributed by atoms with Gasteiger partial charge in [0.05, 0.1) is 0 Å². The SMILES string of the molecule is CSc1nn(-c2ccc(Cl)cc2F)c(=O)[nH]1. The molecule has 0 bridgehead atoms. The Kier molecular flexibility index (Phi) is 3.02. The van der Waals surface area contributed by atoms with Gasteiger partial charge < -0.3 is 0 Å². The van der Waals surface area contributed by atoms with E-state index in [0.29, 0.717) is 5.16 Å². The standard InChI is InChI=1S/C9H7ClFN3OS/c1-16-8-12-9(15)14(13-8)7-3-2-5(10)4-6(7)11/h2-4H,1H3,(H,12,13,15). The number of halogens is 2. The van der Waals surface area contributed by atoms with Gasteiger partial charge in [-0.2, -0.15) is 4.68 Å². The van der Waals surface area contributed by atoms with Crippen LogP contribution in [0.3, 0.4) is 0 Å². The van der Waals surface area contributed by atoms with Gasteiger partial charge in [-0.3, -0.25) is 4.98 Å². The lowest BCUT2D eigenvalue weighted by Gasteiger charge is -2.00. The largest absolute Gasteiger partial charge is 0.348 e. The Hall–Kier alpha value is -1.27. The Morgan fingerprint density at radius 3 is 2.88 bits per heavy atom. The summed E-state index contributed by atoms with van der Waals surface area (Å²) in [5.74, 6) is -0.589. The van der Waals surface area contributed by atoms with Crippen LogP contribution in [-0.4, -0.2) is 21.0 Å². The monoisotopic (exact) mass is 259 g/mol. The van der Waals surface area contributed by atoms with Crippen LogP contribution in [0.2, 0.25) is 5.02 Å². The van der Waals surface area contributed by atoms with E-state index in [9.17, 15) is 9.18 Å². The van der Waals surface area contributed by atoms with Crippen LogP contribution in [0, 0.1) is 5.82 Å². The number of nitrogens with one attached hydrogen (secondary N) is 1. The van der Waals surface area contributed by atoms with Crippen LogP contribution in [-0.2, 0) is 0 Å². The zero-order valence-electron chi connectivity index (χ0n) is 8.20. The lowest BCUT2D eigenvalue weighted by Crippen LogP contribution is -2.17. The molecule has 0 aliphatic carbocycles. The normalized spacial score (nSPS) is 10.7. The summed E-state index contributed by atoms with van der Waals surface area (Å²) in [5.41, 5.74) is -0.406. The van der Waals surface area contributed by atoms with E-state index in [1.807, 2.05) is 0 Å². The van der Waals surface area contributed by atoms with Crippen LogP contribution in [0.1, 0.15) is 0 Å². The number of benzene rings is 1. The molecule has 0 aliphatic heterocycles. The maximum atomic E-state index is 13.5. The second-order valence-corrected chi connectivity index (χ2v) is 4.18. The molecule has 0 amide bonds. The zero-order chi connectivity index (χ0) is 11.7. The summed E-state index contributed by atoms with van der Waals surface area (Å²) < 4.78 is 14.5. The fraction of sp³-hybridized carbons (Fsp3) is 0.111. The molecule has 4 nitrogen and oxygen atoms in total. The van der Waals surface area contributed by atoms with Crippen molar-refractivity contribution < 1.29 is 4.39 Å². The third-order valence-electron chi connectivity index (χ3n) is 1.93. The third kappa shape index (κ3) is 1.98. The molecule has 84 valence electrons. The van der Waals surface area contributed by atoms with Gasteiger partial charge in [0.25, 0.3) is 0 Å². The first kappa shape index (κ1) is 11.2. The summed E-state index contributed by atoms with van der Waals surface area (Å²) in [7, 11) is 0. The van der Waals surface area contributed by atoms with Crippen molar-refractivity contribution in [2.45, 2.75) is 5.16 Å². The van der Waals surface area contributed by atoms with Crippen molar-refractivity contribution in [1.29, 1.82) is 0 Å². The number of nitrogens with zero attached hydrogens (tertiary/aromatic N) is 2. The number of H-pyrrole nitrogens is 1. The first-order valence-corrected chi connectivity index (χ1v) is 5.91. The summed E-state index contributed by atoms with van der Waals surface area (Å²) in [5, 5.41) is 4.62. The molecule has 0 fully saturated rings. The van der Waals surface area contributed by atoms with E-state index in [2.05, 4.69) is 10.1 Å². The molecule has 16 heavy (non-hydrogen) atoms. The number of aromatic amines is 1. The van der Waals surface area contributed by atoms with Crippen molar-refractivity contribution in [2.24, 2.45) is 0 Å². The topological polar surface area (TPSA) is 50.7 Å². The highest BCUT2D eigenvalue weighted by molar-refractivity contribution is 7.98. The van der Waals surface area contributed by atoms with Crippen LogP contribution >= 0.6 is 23.4 Å². The molecule has 0 radical (unpaired) electrons. The first-order chi connectivity index (χ1) is 7.61. The summed E-state index contributed by atoms with van der Waals surface area (Å²) >= 11 is 6.89. The van der Waals surface area contributed by atoms with E-state index in [0.717, 1.165) is 10.7 Å². The van der Waals surface area contributed by atoms with Crippen molar-refractivity contribution in [3.8, 4) is 5.69 Å². The van der Waals surface area contributed by atoms with Crippen molar-refractivity contribution >= 4 is 23.4 Å². The third-order valence-corrected chi connectivity index (χ3v) is 2.73. The van der Waals surface area contributed by atoms with E-state index < -0.39 is 11.5 Å². The minimum absolute atomic E-state index is 0.0750. The highest BCUT2D eigenvalue weighted by Gasteiger charge is 2.11. The van der Waals surface area contributed by atoms with Crippen molar-refractivity contribution in [3.05, 3.63) is 39.5 Å². The van der Waals surface area contributed by atoms with Gasteiger partial charge in [-0.05, 0) is 24.5 Å². The molecule has 7 heteroatoms. The van der Waals surface area contributed by atoms with Gasteiger partial charge in [-0.25, -0.2) is 9.18 Å². The van der Waals surface area contributed by atoms with E-state index >= 15 is 0 Å². The highest BCUT2D eigenvalue weighted by atomic mass is 35.5. The fourth-order valence-corrected chi connectivity index (χ4v) is 1.73. The summed E-state index contributed by atoms with van der Waals surface area (Å²) in [6.45, 7) is 0. The molecule has 1 aromatic carbocycles. The van der Waals surface area contributed by atoms with Gasteiger partial charge in [-0.15, -0.1) is 5.10 Å². The molecule has 0 spiro atoms. The lowest BCUT2D eigenvalue weighted by atomic mass is 10.3. The fourth-order valence-electron chi connectivity index (χ4n) is 1.21. The van der Waals surface area contributed by atoms with Gasteiger partial charge >= 0.3 is 5.69 Å². The maximum Gasteiger partial charge on any atom is 0.348 e. The number of thioether (sulfide) groups is 1. The number of rotatable bonds is 2. The number of hydrogen-bond donors (Lipinski definition) is 1. The molecule has 2 aromatic rings. The molecule has 1 heterocycles. The van der Waals surface area contributed by atoms with Crippen LogP contribution < -0.4 is 5.69 Å². The number of hydrogen-bond acceptors (Lipinski definition) is 3. The maximum absolute atomic E-state index is 13.5.